The molecule has 2 rings (SSSR count). The van der Waals surface area contributed by atoms with Crippen LogP contribution < -0.4 is 9.47 Å². The number of hydrogen-bond donors (Lipinski definition) is 0. The minimum Gasteiger partial charge on any atom is -0.486 e. The summed E-state index contributed by atoms with van der Waals surface area (Å²) < 4.78 is 46.5. The van der Waals surface area contributed by atoms with Crippen molar-refractivity contribution in [3.8, 4) is 11.5 Å². The van der Waals surface area contributed by atoms with Crippen LogP contribution in [0.25, 0.3) is 0 Å². The summed E-state index contributed by atoms with van der Waals surface area (Å²) in [5, 5.41) is 0. The third-order valence-electron chi connectivity index (χ3n) is 2.23. The minimum atomic E-state index is -4.50. The van der Waals surface area contributed by atoms with Gasteiger partial charge in [-0.1, -0.05) is 0 Å². The summed E-state index contributed by atoms with van der Waals surface area (Å²) in [5.41, 5.74) is -0.0217. The minimum absolute atomic E-state index is 0.0217. The monoisotopic (exact) mass is 246 g/mol. The number of Topliss-reactive ketones (excluding diaryl/α,β-unsaturated/α-hetero) is 1. The van der Waals surface area contributed by atoms with Crippen molar-refractivity contribution in [3.05, 3.63) is 23.8 Å². The van der Waals surface area contributed by atoms with E-state index in [1.807, 2.05) is 0 Å². The Labute approximate surface area is 95.1 Å². The molecule has 0 unspecified atom stereocenters. The van der Waals surface area contributed by atoms with Gasteiger partial charge in [-0.25, -0.2) is 0 Å². The SMILES string of the molecule is O=C(CC(F)(F)F)c1ccc2c(c1)OCCO2. The van der Waals surface area contributed by atoms with Gasteiger partial charge in [-0.2, -0.15) is 13.2 Å². The quantitative estimate of drug-likeness (QED) is 0.752. The fourth-order valence-electron chi connectivity index (χ4n) is 1.50. The Morgan fingerprint density at radius 2 is 1.82 bits per heavy atom. The van der Waals surface area contributed by atoms with E-state index < -0.39 is 18.4 Å². The average molecular weight is 246 g/mol. The number of ether oxygens (including phenoxy) is 2. The van der Waals surface area contributed by atoms with E-state index in [2.05, 4.69) is 0 Å². The van der Waals surface area contributed by atoms with Crippen LogP contribution in [0.1, 0.15) is 16.8 Å². The Balaban J connectivity index is 2.19. The Morgan fingerprint density at radius 3 is 2.47 bits per heavy atom. The van der Waals surface area contributed by atoms with Crippen molar-refractivity contribution in [2.75, 3.05) is 13.2 Å². The number of fused-ring (bicyclic) bond motifs is 1. The lowest BCUT2D eigenvalue weighted by molar-refractivity contribution is -0.125. The lowest BCUT2D eigenvalue weighted by Gasteiger charge is -2.18. The van der Waals surface area contributed by atoms with Gasteiger partial charge in [0.05, 0.1) is 0 Å². The molecule has 6 heteroatoms. The molecule has 0 amide bonds. The Bertz CT molecular complexity index is 440. The molecule has 0 spiro atoms. The number of carbonyl (C=O) groups is 1. The largest absolute Gasteiger partial charge is 0.486 e. The molecule has 1 aromatic rings. The van der Waals surface area contributed by atoms with E-state index in [9.17, 15) is 18.0 Å². The first-order chi connectivity index (χ1) is 7.96. The maximum atomic E-state index is 12.1. The summed E-state index contributed by atoms with van der Waals surface area (Å²) in [5.74, 6) is -0.224. The molecule has 0 aliphatic carbocycles. The van der Waals surface area contributed by atoms with Crippen LogP contribution in [0.4, 0.5) is 13.2 Å². The highest BCUT2D eigenvalue weighted by molar-refractivity contribution is 5.97. The maximum Gasteiger partial charge on any atom is 0.396 e. The summed E-state index contributed by atoms with van der Waals surface area (Å²) in [7, 11) is 0. The third kappa shape index (κ3) is 2.89. The molecule has 0 radical (unpaired) electrons. The van der Waals surface area contributed by atoms with Crippen LogP contribution in [-0.2, 0) is 0 Å². The smallest absolute Gasteiger partial charge is 0.396 e. The van der Waals surface area contributed by atoms with Crippen LogP contribution in [0.2, 0.25) is 0 Å². The molecule has 1 aliphatic heterocycles. The zero-order chi connectivity index (χ0) is 12.5. The van der Waals surface area contributed by atoms with Crippen LogP contribution in [0.5, 0.6) is 11.5 Å². The molecular weight excluding hydrogens is 237 g/mol. The standard InChI is InChI=1S/C11H9F3O3/c12-11(13,14)6-8(15)7-1-2-9-10(5-7)17-4-3-16-9/h1-2,5H,3-4,6H2. The summed E-state index contributed by atoms with van der Waals surface area (Å²) >= 11 is 0. The first-order valence-corrected chi connectivity index (χ1v) is 4.95. The van der Waals surface area contributed by atoms with Crippen LogP contribution in [0.3, 0.4) is 0 Å². The molecule has 1 aromatic carbocycles. The highest BCUT2D eigenvalue weighted by Gasteiger charge is 2.32. The van der Waals surface area contributed by atoms with Crippen molar-refractivity contribution in [2.24, 2.45) is 0 Å². The second-order valence-electron chi connectivity index (χ2n) is 3.57. The van der Waals surface area contributed by atoms with Gasteiger partial charge in [-0.15, -0.1) is 0 Å². The maximum absolute atomic E-state index is 12.1. The lowest BCUT2D eigenvalue weighted by Crippen LogP contribution is -2.17. The number of carbonyl (C=O) groups excluding carboxylic acids is 1. The van der Waals surface area contributed by atoms with Gasteiger partial charge >= 0.3 is 6.18 Å². The lowest BCUT2D eigenvalue weighted by atomic mass is 10.1. The molecule has 0 N–H and O–H groups in total. The van der Waals surface area contributed by atoms with Crippen LogP contribution in [0.15, 0.2) is 18.2 Å². The fourth-order valence-corrected chi connectivity index (χ4v) is 1.50. The highest BCUT2D eigenvalue weighted by Crippen LogP contribution is 2.32. The molecule has 3 nitrogen and oxygen atoms in total. The summed E-state index contributed by atoms with van der Waals surface area (Å²) in [6.45, 7) is 0.715. The van der Waals surface area contributed by atoms with Gasteiger partial charge in [0.2, 0.25) is 0 Å². The highest BCUT2D eigenvalue weighted by atomic mass is 19.4. The van der Waals surface area contributed by atoms with E-state index in [4.69, 9.17) is 9.47 Å². The van der Waals surface area contributed by atoms with Crippen molar-refractivity contribution < 1.29 is 27.4 Å². The first kappa shape index (κ1) is 11.8. The van der Waals surface area contributed by atoms with Gasteiger partial charge in [-0.05, 0) is 18.2 Å². The van der Waals surface area contributed by atoms with Crippen LogP contribution >= 0.6 is 0 Å². The second-order valence-corrected chi connectivity index (χ2v) is 3.57. The Kier molecular flexibility index (Phi) is 2.95. The van der Waals surface area contributed by atoms with Gasteiger partial charge in [0, 0.05) is 5.56 Å². The van der Waals surface area contributed by atoms with Crippen molar-refractivity contribution >= 4 is 5.78 Å². The molecular formula is C11H9F3O3. The molecule has 0 atom stereocenters. The second kappa shape index (κ2) is 4.27. The van der Waals surface area contributed by atoms with Crippen LogP contribution in [-0.4, -0.2) is 25.2 Å². The van der Waals surface area contributed by atoms with E-state index in [0.29, 0.717) is 24.7 Å². The van der Waals surface area contributed by atoms with E-state index in [-0.39, 0.29) is 5.56 Å². The molecule has 1 aliphatic rings. The van der Waals surface area contributed by atoms with Gasteiger partial charge < -0.3 is 9.47 Å². The van der Waals surface area contributed by atoms with Gasteiger partial charge in [0.1, 0.15) is 19.6 Å². The summed E-state index contributed by atoms with van der Waals surface area (Å²) in [4.78, 5) is 11.3. The van der Waals surface area contributed by atoms with E-state index in [1.54, 1.807) is 0 Å². The topological polar surface area (TPSA) is 35.5 Å². The number of ketones is 1. The normalized spacial score (nSPS) is 14.5. The van der Waals surface area contributed by atoms with Gasteiger partial charge in [0.15, 0.2) is 17.3 Å². The average Bonchev–Trinajstić information content (AvgIpc) is 2.26. The van der Waals surface area contributed by atoms with Gasteiger partial charge in [0.25, 0.3) is 0 Å². The predicted molar refractivity (Wildman–Crippen MR) is 52.4 cm³/mol. The molecule has 17 heavy (non-hydrogen) atoms. The predicted octanol–water partition coefficient (Wildman–Crippen LogP) is 2.59. The number of halogens is 3. The number of alkyl halides is 3. The molecule has 0 fully saturated rings. The number of hydrogen-bond acceptors (Lipinski definition) is 3. The molecule has 0 saturated carbocycles. The third-order valence-corrected chi connectivity index (χ3v) is 2.23. The van der Waals surface area contributed by atoms with E-state index >= 15 is 0 Å². The molecule has 1 heterocycles. The van der Waals surface area contributed by atoms with Crippen molar-refractivity contribution in [1.82, 2.24) is 0 Å². The Morgan fingerprint density at radius 1 is 1.18 bits per heavy atom. The molecule has 92 valence electrons. The summed E-state index contributed by atoms with van der Waals surface area (Å²) in [6.07, 6.45) is -5.96. The van der Waals surface area contributed by atoms with Crippen molar-refractivity contribution in [2.45, 2.75) is 12.6 Å². The van der Waals surface area contributed by atoms with Crippen LogP contribution in [0, 0.1) is 0 Å². The molecule has 0 saturated heterocycles. The zero-order valence-corrected chi connectivity index (χ0v) is 8.71. The molecule has 0 bridgehead atoms. The summed E-state index contributed by atoms with van der Waals surface area (Å²) in [6, 6.07) is 4.03. The first-order valence-electron chi connectivity index (χ1n) is 4.95. The van der Waals surface area contributed by atoms with E-state index in [1.165, 1.54) is 18.2 Å². The van der Waals surface area contributed by atoms with Crippen molar-refractivity contribution in [1.29, 1.82) is 0 Å². The number of rotatable bonds is 2. The van der Waals surface area contributed by atoms with Gasteiger partial charge in [-0.3, -0.25) is 4.79 Å². The number of benzene rings is 1. The van der Waals surface area contributed by atoms with Crippen molar-refractivity contribution in [3.63, 3.8) is 0 Å². The zero-order valence-electron chi connectivity index (χ0n) is 8.71. The van der Waals surface area contributed by atoms with E-state index in [0.717, 1.165) is 0 Å². The molecule has 0 aromatic heterocycles. The fraction of sp³-hybridized carbons (Fsp3) is 0.364. The Hall–Kier alpha value is -1.72.